The molecule has 2 aliphatic heterocycles. The van der Waals surface area contributed by atoms with Crippen LogP contribution < -0.4 is 5.32 Å². The van der Waals surface area contributed by atoms with Crippen molar-refractivity contribution in [1.82, 2.24) is 24.5 Å². The maximum absolute atomic E-state index is 11.4. The van der Waals surface area contributed by atoms with Crippen molar-refractivity contribution in [3.63, 3.8) is 0 Å². The van der Waals surface area contributed by atoms with E-state index >= 15 is 0 Å². The third-order valence-corrected chi connectivity index (χ3v) is 4.66. The molecule has 0 bridgehead atoms. The second-order valence-corrected chi connectivity index (χ2v) is 6.91. The van der Waals surface area contributed by atoms with Gasteiger partial charge in [-0.3, -0.25) is 14.3 Å². The number of amides is 1. The summed E-state index contributed by atoms with van der Waals surface area (Å²) in [7, 11) is 0. The van der Waals surface area contributed by atoms with Gasteiger partial charge in [-0.15, -0.1) is 0 Å². The van der Waals surface area contributed by atoms with E-state index in [0.717, 1.165) is 16.6 Å². The van der Waals surface area contributed by atoms with E-state index in [4.69, 9.17) is 1.37 Å². The van der Waals surface area contributed by atoms with Crippen molar-refractivity contribution < 1.29 is 11.3 Å². The number of rotatable bonds is 5. The molecule has 148 valence electrons. The van der Waals surface area contributed by atoms with Crippen LogP contribution in [0.1, 0.15) is 45.4 Å². The zero-order valence-electron chi connectivity index (χ0n) is 17.5. The number of aryl methyl sites for hydroxylation is 1. The molecule has 2 aromatic heterocycles. The number of anilines is 1. The normalized spacial score (nSPS) is 14.0. The van der Waals surface area contributed by atoms with Gasteiger partial charge in [0, 0.05) is 18.5 Å². The van der Waals surface area contributed by atoms with Crippen LogP contribution in [-0.4, -0.2) is 35.5 Å². The molecule has 0 fully saturated rings. The second-order valence-electron chi connectivity index (χ2n) is 6.91. The molecule has 4 rings (SSSR count). The van der Waals surface area contributed by atoms with Crippen LogP contribution in [0.2, 0.25) is 0 Å². The molecule has 1 atom stereocenters. The highest BCUT2D eigenvalue weighted by Gasteiger charge is 2.20. The first kappa shape index (κ1) is 17.7. The van der Waals surface area contributed by atoms with E-state index in [2.05, 4.69) is 25.3 Å². The molecule has 4 heterocycles. The minimum atomic E-state index is -1.72. The Balaban J connectivity index is 1.85. The predicted octanol–water partition coefficient (Wildman–Crippen LogP) is 3.42. The van der Waals surface area contributed by atoms with Gasteiger partial charge in [-0.05, 0) is 37.1 Å². The summed E-state index contributed by atoms with van der Waals surface area (Å²) in [5.41, 5.74) is 3.17. The van der Waals surface area contributed by atoms with Crippen molar-refractivity contribution in [1.29, 1.82) is 0 Å². The lowest BCUT2D eigenvalue weighted by Gasteiger charge is -2.17. The fourth-order valence-corrected chi connectivity index (χ4v) is 3.32. The molecular formula is C21H22N6O2. The minimum absolute atomic E-state index is 0.197. The summed E-state index contributed by atoms with van der Waals surface area (Å²) >= 11 is 0. The van der Waals surface area contributed by atoms with Gasteiger partial charge >= 0.3 is 0 Å². The van der Waals surface area contributed by atoms with Crippen LogP contribution in [0.4, 0.5) is 5.82 Å². The highest BCUT2D eigenvalue weighted by atomic mass is 16.3. The molecule has 2 N–H and O–H groups in total. The van der Waals surface area contributed by atoms with Crippen LogP contribution in [0, 0.1) is 6.92 Å². The van der Waals surface area contributed by atoms with E-state index in [1.54, 1.807) is 18.3 Å². The van der Waals surface area contributed by atoms with Crippen molar-refractivity contribution in [2.45, 2.75) is 39.7 Å². The minimum Gasteiger partial charge on any atom is -0.387 e. The quantitative estimate of drug-likeness (QED) is 0.540. The lowest BCUT2D eigenvalue weighted by Crippen LogP contribution is -2.09. The number of aromatic nitrogens is 5. The largest absolute Gasteiger partial charge is 0.387 e. The van der Waals surface area contributed by atoms with Gasteiger partial charge < -0.3 is 10.4 Å². The summed E-state index contributed by atoms with van der Waals surface area (Å²) in [5, 5.41) is 13.9. The second kappa shape index (κ2) is 7.56. The zero-order valence-corrected chi connectivity index (χ0v) is 16.5. The average molecular weight is 391 g/mol. The van der Waals surface area contributed by atoms with Crippen LogP contribution in [0.15, 0.2) is 36.9 Å². The third kappa shape index (κ3) is 3.54. The van der Waals surface area contributed by atoms with Gasteiger partial charge in [0.1, 0.15) is 23.4 Å². The van der Waals surface area contributed by atoms with E-state index < -0.39 is 6.08 Å². The lowest BCUT2D eigenvalue weighted by molar-refractivity contribution is -0.114. The maximum Gasteiger partial charge on any atom is 0.222 e. The smallest absolute Gasteiger partial charge is 0.222 e. The fourth-order valence-electron chi connectivity index (χ4n) is 3.32. The lowest BCUT2D eigenvalue weighted by atomic mass is 10.1. The SMILES string of the molecule is [2H][C@@](O)(CCC)c1cc(C)c(-n2cc3ccc(NC(C)=O)nc3c3ncnc2-3)cn1. The Hall–Kier alpha value is -3.39. The molecule has 29 heavy (non-hydrogen) atoms. The molecule has 1 amide bonds. The van der Waals surface area contributed by atoms with E-state index in [-0.39, 0.29) is 5.91 Å². The molecule has 0 saturated carbocycles. The molecule has 2 aliphatic rings. The zero-order chi connectivity index (χ0) is 21.5. The molecule has 8 nitrogen and oxygen atoms in total. The van der Waals surface area contributed by atoms with Gasteiger partial charge in [0.15, 0.2) is 5.82 Å². The average Bonchev–Trinajstić information content (AvgIpc) is 3.17. The molecule has 2 aromatic rings. The molecule has 0 radical (unpaired) electrons. The summed E-state index contributed by atoms with van der Waals surface area (Å²) < 4.78 is 10.0. The Morgan fingerprint density at radius 1 is 1.34 bits per heavy atom. The van der Waals surface area contributed by atoms with Crippen LogP contribution >= 0.6 is 0 Å². The van der Waals surface area contributed by atoms with Gasteiger partial charge in [0.05, 0.1) is 25.0 Å². The number of pyridine rings is 3. The van der Waals surface area contributed by atoms with Gasteiger partial charge in [-0.1, -0.05) is 13.3 Å². The summed E-state index contributed by atoms with van der Waals surface area (Å²) in [6.07, 6.45) is 4.26. The number of nitrogens with one attached hydrogen (secondary N) is 1. The first-order valence-electron chi connectivity index (χ1n) is 9.90. The summed E-state index contributed by atoms with van der Waals surface area (Å²) in [6, 6.07) is 5.32. The van der Waals surface area contributed by atoms with E-state index in [9.17, 15) is 9.90 Å². The number of carbonyl (C=O) groups is 1. The Labute approximate surface area is 169 Å². The first-order chi connectivity index (χ1) is 14.3. The number of fused-ring (bicyclic) bond motifs is 3. The van der Waals surface area contributed by atoms with Crippen LogP contribution in [0.3, 0.4) is 0 Å². The van der Waals surface area contributed by atoms with Crippen LogP contribution in [0.5, 0.6) is 0 Å². The monoisotopic (exact) mass is 391 g/mol. The van der Waals surface area contributed by atoms with Gasteiger partial charge in [0.25, 0.3) is 0 Å². The van der Waals surface area contributed by atoms with Crippen LogP contribution in [0.25, 0.3) is 28.1 Å². The molecule has 0 unspecified atom stereocenters. The number of aliphatic hydroxyl groups is 1. The Kier molecular flexibility index (Phi) is 4.61. The Bertz CT molecular complexity index is 1220. The van der Waals surface area contributed by atoms with Crippen LogP contribution in [-0.2, 0) is 4.79 Å². The van der Waals surface area contributed by atoms with E-state index in [1.807, 2.05) is 30.7 Å². The number of carbonyl (C=O) groups excluding carboxylic acids is 1. The van der Waals surface area contributed by atoms with Crippen molar-refractivity contribution in [3.8, 4) is 17.2 Å². The highest BCUT2D eigenvalue weighted by molar-refractivity contribution is 5.94. The Morgan fingerprint density at radius 2 is 2.17 bits per heavy atom. The Morgan fingerprint density at radius 3 is 2.90 bits per heavy atom. The van der Waals surface area contributed by atoms with Gasteiger partial charge in [-0.25, -0.2) is 15.0 Å². The fraction of sp³-hybridized carbons (Fsp3) is 0.286. The predicted molar refractivity (Wildman–Crippen MR) is 110 cm³/mol. The molecule has 8 heteroatoms. The molecule has 0 aromatic carbocycles. The molecule has 0 aliphatic carbocycles. The third-order valence-electron chi connectivity index (χ3n) is 4.66. The van der Waals surface area contributed by atoms with Crippen molar-refractivity contribution in [2.24, 2.45) is 0 Å². The number of hydrogen-bond acceptors (Lipinski definition) is 6. The molecular weight excluding hydrogens is 368 g/mol. The number of hydrogen-bond donors (Lipinski definition) is 2. The standard InChI is InChI=1S/C21H22N6O2/c1-4-5-17(29)15-8-12(2)16(9-22-15)27-10-14-6-7-18(25-13(3)28)26-19(14)20-21(27)24-11-23-20/h6-11,17,29H,4-5H2,1-3H3,(H,25,26,28)/t17-/m1/s1/i17D. The van der Waals surface area contributed by atoms with Crippen molar-refractivity contribution in [2.75, 3.05) is 5.32 Å². The molecule has 0 saturated heterocycles. The van der Waals surface area contributed by atoms with Crippen molar-refractivity contribution in [3.05, 3.63) is 48.2 Å². The molecule has 0 spiro atoms. The van der Waals surface area contributed by atoms with Gasteiger partial charge in [-0.2, -0.15) is 0 Å². The van der Waals surface area contributed by atoms with E-state index in [0.29, 0.717) is 41.4 Å². The number of imidazole rings is 1. The van der Waals surface area contributed by atoms with E-state index in [1.165, 1.54) is 13.3 Å². The van der Waals surface area contributed by atoms with Crippen molar-refractivity contribution >= 4 is 22.6 Å². The van der Waals surface area contributed by atoms with Gasteiger partial charge in [0.2, 0.25) is 5.91 Å². The summed E-state index contributed by atoms with van der Waals surface area (Å²) in [4.78, 5) is 29.0. The summed E-state index contributed by atoms with van der Waals surface area (Å²) in [6.45, 7) is 5.25. The maximum atomic E-state index is 11.4. The highest BCUT2D eigenvalue weighted by Crippen LogP contribution is 2.31. The topological polar surface area (TPSA) is 106 Å². The number of nitrogens with zero attached hydrogens (tertiary/aromatic N) is 5. The summed E-state index contributed by atoms with van der Waals surface area (Å²) in [5.74, 6) is 0.851. The first-order valence-corrected chi connectivity index (χ1v) is 9.40.